The number of anilines is 1. The minimum Gasteiger partial charge on any atom is -0.357 e. The van der Waals surface area contributed by atoms with Crippen LogP contribution in [0.1, 0.15) is 26.5 Å². The van der Waals surface area contributed by atoms with E-state index >= 15 is 0 Å². The van der Waals surface area contributed by atoms with Crippen LogP contribution in [-0.4, -0.2) is 10.9 Å². The molecule has 0 fully saturated rings. The van der Waals surface area contributed by atoms with Gasteiger partial charge in [-0.1, -0.05) is 22.0 Å². The second-order valence-electron chi connectivity index (χ2n) is 5.08. The van der Waals surface area contributed by atoms with Crippen molar-refractivity contribution in [1.82, 2.24) is 4.98 Å². The van der Waals surface area contributed by atoms with Crippen molar-refractivity contribution < 1.29 is 4.79 Å². The van der Waals surface area contributed by atoms with Gasteiger partial charge < -0.3 is 10.3 Å². The average Bonchev–Trinajstić information content (AvgIpc) is 2.86. The zero-order valence-electron chi connectivity index (χ0n) is 12.0. The Kier molecular flexibility index (Phi) is 3.63. The third kappa shape index (κ3) is 2.51. The predicted octanol–water partition coefficient (Wildman–Crippen LogP) is 5.17. The number of hydrogen-bond donors (Lipinski definition) is 2. The summed E-state index contributed by atoms with van der Waals surface area (Å²) in [6, 6.07) is 7.61. The van der Waals surface area contributed by atoms with Crippen LogP contribution in [-0.2, 0) is 0 Å². The van der Waals surface area contributed by atoms with Gasteiger partial charge in [-0.25, -0.2) is 0 Å². The monoisotopic (exact) mass is 362 g/mol. The number of carbonyl (C=O) groups excluding carboxylic acids is 1. The zero-order valence-corrected chi connectivity index (χ0v) is 14.4. The number of carbonyl (C=O) groups is 1. The summed E-state index contributed by atoms with van der Waals surface area (Å²) in [6.45, 7) is 6.11. The second-order valence-corrected chi connectivity index (χ2v) is 7.22. The van der Waals surface area contributed by atoms with E-state index in [0.29, 0.717) is 0 Å². The summed E-state index contributed by atoms with van der Waals surface area (Å²) in [5.74, 6) is -0.0712. The van der Waals surface area contributed by atoms with Gasteiger partial charge in [0, 0.05) is 20.7 Å². The largest absolute Gasteiger partial charge is 0.357 e. The quantitative estimate of drug-likeness (QED) is 0.648. The molecule has 0 spiro atoms. The Morgan fingerprint density at radius 1 is 1.29 bits per heavy atom. The SMILES string of the molecule is Cc1[nH]c2c(C(=O)Nc3cccc(Br)c3)c(C)sc2c1C. The number of aromatic nitrogens is 1. The van der Waals surface area contributed by atoms with Gasteiger partial charge in [0.25, 0.3) is 5.91 Å². The van der Waals surface area contributed by atoms with Gasteiger partial charge >= 0.3 is 0 Å². The lowest BCUT2D eigenvalue weighted by Crippen LogP contribution is -2.12. The van der Waals surface area contributed by atoms with E-state index in [9.17, 15) is 4.79 Å². The van der Waals surface area contributed by atoms with Gasteiger partial charge in [-0.3, -0.25) is 4.79 Å². The zero-order chi connectivity index (χ0) is 15.1. The standard InChI is InChI=1S/C16H15BrN2OS/c1-8-9(2)18-14-13(10(3)21-15(8)14)16(20)19-12-6-4-5-11(17)7-12/h4-7,18H,1-3H3,(H,19,20). The number of rotatable bonds is 2. The van der Waals surface area contributed by atoms with Crippen molar-refractivity contribution >= 4 is 49.1 Å². The Morgan fingerprint density at radius 3 is 2.76 bits per heavy atom. The first-order valence-corrected chi connectivity index (χ1v) is 8.23. The van der Waals surface area contributed by atoms with Crippen LogP contribution >= 0.6 is 27.3 Å². The van der Waals surface area contributed by atoms with E-state index in [1.54, 1.807) is 11.3 Å². The van der Waals surface area contributed by atoms with Crippen molar-refractivity contribution in [3.63, 3.8) is 0 Å². The van der Waals surface area contributed by atoms with E-state index in [4.69, 9.17) is 0 Å². The number of amides is 1. The first kappa shape index (κ1) is 14.4. The highest BCUT2D eigenvalue weighted by Gasteiger charge is 2.20. The fourth-order valence-corrected chi connectivity index (χ4v) is 3.98. The Hall–Kier alpha value is -1.59. The number of thiophene rings is 1. The molecule has 0 saturated heterocycles. The molecule has 1 aromatic carbocycles. The van der Waals surface area contributed by atoms with Gasteiger partial charge in [0.1, 0.15) is 0 Å². The molecule has 21 heavy (non-hydrogen) atoms. The molecule has 3 nitrogen and oxygen atoms in total. The van der Waals surface area contributed by atoms with Crippen LogP contribution in [0.2, 0.25) is 0 Å². The predicted molar refractivity (Wildman–Crippen MR) is 92.5 cm³/mol. The minimum absolute atomic E-state index is 0.0712. The number of hydrogen-bond acceptors (Lipinski definition) is 2. The summed E-state index contributed by atoms with van der Waals surface area (Å²) in [4.78, 5) is 17.0. The van der Waals surface area contributed by atoms with Gasteiger partial charge in [-0.2, -0.15) is 0 Å². The smallest absolute Gasteiger partial charge is 0.258 e. The average molecular weight is 363 g/mol. The number of H-pyrrole nitrogens is 1. The number of halogens is 1. The van der Waals surface area contributed by atoms with E-state index in [1.165, 1.54) is 10.3 Å². The fourth-order valence-electron chi connectivity index (χ4n) is 2.41. The van der Waals surface area contributed by atoms with Crippen LogP contribution in [0, 0.1) is 20.8 Å². The van der Waals surface area contributed by atoms with Gasteiger partial charge in [-0.05, 0) is 44.5 Å². The topological polar surface area (TPSA) is 44.9 Å². The molecule has 3 rings (SSSR count). The van der Waals surface area contributed by atoms with Crippen LogP contribution in [0.15, 0.2) is 28.7 Å². The van der Waals surface area contributed by atoms with E-state index in [-0.39, 0.29) is 5.91 Å². The van der Waals surface area contributed by atoms with Crippen LogP contribution < -0.4 is 5.32 Å². The van der Waals surface area contributed by atoms with Crippen molar-refractivity contribution in [1.29, 1.82) is 0 Å². The van der Waals surface area contributed by atoms with Gasteiger partial charge in [-0.15, -0.1) is 11.3 Å². The first-order valence-electron chi connectivity index (χ1n) is 6.62. The highest BCUT2D eigenvalue weighted by molar-refractivity contribution is 9.10. The summed E-state index contributed by atoms with van der Waals surface area (Å²) >= 11 is 5.08. The molecular weight excluding hydrogens is 348 g/mol. The Bertz CT molecular complexity index is 847. The van der Waals surface area contributed by atoms with E-state index < -0.39 is 0 Å². The molecule has 0 aliphatic rings. The molecule has 2 N–H and O–H groups in total. The Labute approximate surface area is 135 Å². The lowest BCUT2D eigenvalue weighted by molar-refractivity contribution is 0.102. The van der Waals surface area contributed by atoms with Gasteiger partial charge in [0.2, 0.25) is 0 Å². The summed E-state index contributed by atoms with van der Waals surface area (Å²) in [5.41, 5.74) is 4.81. The highest BCUT2D eigenvalue weighted by Crippen LogP contribution is 2.34. The second kappa shape index (κ2) is 5.31. The molecule has 1 amide bonds. The van der Waals surface area contributed by atoms with Crippen LogP contribution in [0.4, 0.5) is 5.69 Å². The maximum Gasteiger partial charge on any atom is 0.258 e. The Morgan fingerprint density at radius 2 is 2.05 bits per heavy atom. The fraction of sp³-hybridized carbons (Fsp3) is 0.188. The van der Waals surface area contributed by atoms with Crippen molar-refractivity contribution in [2.75, 3.05) is 5.32 Å². The molecule has 0 atom stereocenters. The normalized spacial score (nSPS) is 11.0. The minimum atomic E-state index is -0.0712. The van der Waals surface area contributed by atoms with E-state index in [2.05, 4.69) is 33.2 Å². The molecule has 2 aromatic heterocycles. The van der Waals surface area contributed by atoms with E-state index in [0.717, 1.165) is 31.8 Å². The molecule has 2 heterocycles. The summed E-state index contributed by atoms with van der Waals surface area (Å²) in [6.07, 6.45) is 0. The lowest BCUT2D eigenvalue weighted by Gasteiger charge is -2.05. The summed E-state index contributed by atoms with van der Waals surface area (Å²) < 4.78 is 2.11. The molecule has 0 aliphatic heterocycles. The molecule has 0 saturated carbocycles. The summed E-state index contributed by atoms with van der Waals surface area (Å²) in [5, 5.41) is 2.96. The third-order valence-corrected chi connectivity index (χ3v) is 5.33. The van der Waals surface area contributed by atoms with Gasteiger partial charge in [0.15, 0.2) is 0 Å². The Balaban J connectivity index is 2.01. The molecule has 0 aliphatic carbocycles. The van der Waals surface area contributed by atoms with Crippen molar-refractivity contribution in [2.45, 2.75) is 20.8 Å². The van der Waals surface area contributed by atoms with Crippen molar-refractivity contribution in [3.8, 4) is 0 Å². The highest BCUT2D eigenvalue weighted by atomic mass is 79.9. The number of nitrogens with one attached hydrogen (secondary N) is 2. The van der Waals surface area contributed by atoms with Gasteiger partial charge in [0.05, 0.1) is 15.8 Å². The molecule has 3 aromatic rings. The molecular formula is C16H15BrN2OS. The number of aryl methyl sites for hydroxylation is 3. The lowest BCUT2D eigenvalue weighted by atomic mass is 10.2. The molecule has 108 valence electrons. The number of fused-ring (bicyclic) bond motifs is 1. The molecule has 0 bridgehead atoms. The van der Waals surface area contributed by atoms with Crippen LogP contribution in [0.5, 0.6) is 0 Å². The first-order chi connectivity index (χ1) is 9.97. The number of aromatic amines is 1. The molecule has 0 radical (unpaired) electrons. The molecule has 5 heteroatoms. The van der Waals surface area contributed by atoms with E-state index in [1.807, 2.05) is 38.1 Å². The van der Waals surface area contributed by atoms with Crippen LogP contribution in [0.25, 0.3) is 10.2 Å². The third-order valence-electron chi connectivity index (χ3n) is 3.61. The van der Waals surface area contributed by atoms with Crippen LogP contribution in [0.3, 0.4) is 0 Å². The summed E-state index contributed by atoms with van der Waals surface area (Å²) in [7, 11) is 0. The van der Waals surface area contributed by atoms with Crippen molar-refractivity contribution in [2.24, 2.45) is 0 Å². The maximum atomic E-state index is 12.6. The number of benzene rings is 1. The maximum absolute atomic E-state index is 12.6. The van der Waals surface area contributed by atoms with Crippen molar-refractivity contribution in [3.05, 3.63) is 50.4 Å². The molecule has 0 unspecified atom stereocenters.